The van der Waals surface area contributed by atoms with Crippen LogP contribution in [0.1, 0.15) is 51.4 Å². The maximum Gasteiger partial charge on any atom is 0.251 e. The molecule has 5 nitrogen and oxygen atoms in total. The van der Waals surface area contributed by atoms with Gasteiger partial charge < -0.3 is 20.5 Å². The molecule has 0 radical (unpaired) electrons. The Hall–Kier alpha value is -1.46. The minimum Gasteiger partial charge on any atom is -0.490 e. The fourth-order valence-electron chi connectivity index (χ4n) is 2.01. The Morgan fingerprint density at radius 2 is 1.92 bits per heavy atom. The zero-order chi connectivity index (χ0) is 17.5. The van der Waals surface area contributed by atoms with Gasteiger partial charge in [0.2, 0.25) is 0 Å². The molecular formula is C18H31ClN2O3. The van der Waals surface area contributed by atoms with Gasteiger partial charge in [0, 0.05) is 12.1 Å². The van der Waals surface area contributed by atoms with Crippen molar-refractivity contribution in [2.24, 2.45) is 11.7 Å². The molecule has 0 spiro atoms. The third-order valence-electron chi connectivity index (χ3n) is 4.06. The zero-order valence-electron chi connectivity index (χ0n) is 15.3. The topological polar surface area (TPSA) is 73.6 Å². The first-order valence-electron chi connectivity index (χ1n) is 8.30. The highest BCUT2D eigenvalue weighted by Crippen LogP contribution is 2.29. The van der Waals surface area contributed by atoms with Gasteiger partial charge in [0.1, 0.15) is 0 Å². The standard InChI is InChI=1S/C18H30N2O3.ClH/c1-6-10-23-15-9-8-14(11-16(15)22-7-2)17(21)20-18(5,12-19)13(3)4;/h8-9,11,13H,6-7,10,12,19H2,1-5H3,(H,20,21);1H. The highest BCUT2D eigenvalue weighted by atomic mass is 35.5. The van der Waals surface area contributed by atoms with E-state index in [9.17, 15) is 4.79 Å². The number of hydrogen-bond acceptors (Lipinski definition) is 4. The maximum atomic E-state index is 12.5. The Labute approximate surface area is 151 Å². The molecule has 0 bridgehead atoms. The minimum atomic E-state index is -0.444. The van der Waals surface area contributed by atoms with Crippen LogP contribution in [0.3, 0.4) is 0 Å². The Bertz CT molecular complexity index is 523. The first-order chi connectivity index (χ1) is 10.9. The molecule has 0 aliphatic carbocycles. The summed E-state index contributed by atoms with van der Waals surface area (Å²) in [5.41, 5.74) is 5.93. The lowest BCUT2D eigenvalue weighted by Gasteiger charge is -2.33. The number of hydrogen-bond donors (Lipinski definition) is 2. The third kappa shape index (κ3) is 5.87. The summed E-state index contributed by atoms with van der Waals surface area (Å²) in [6.45, 7) is 11.5. The van der Waals surface area contributed by atoms with E-state index in [1.807, 2.05) is 34.6 Å². The van der Waals surface area contributed by atoms with E-state index < -0.39 is 5.54 Å². The number of nitrogens with two attached hydrogens (primary N) is 1. The Morgan fingerprint density at radius 3 is 2.42 bits per heavy atom. The van der Waals surface area contributed by atoms with Crippen LogP contribution in [-0.2, 0) is 0 Å². The number of ether oxygens (including phenoxy) is 2. The molecular weight excluding hydrogens is 328 g/mol. The number of nitrogens with one attached hydrogen (secondary N) is 1. The highest BCUT2D eigenvalue weighted by Gasteiger charge is 2.29. The van der Waals surface area contributed by atoms with E-state index in [2.05, 4.69) is 5.32 Å². The second-order valence-electron chi connectivity index (χ2n) is 6.17. The van der Waals surface area contributed by atoms with Crippen LogP contribution < -0.4 is 20.5 Å². The Morgan fingerprint density at radius 1 is 1.25 bits per heavy atom. The largest absolute Gasteiger partial charge is 0.490 e. The number of amides is 1. The van der Waals surface area contributed by atoms with Crippen LogP contribution in [0.25, 0.3) is 0 Å². The fourth-order valence-corrected chi connectivity index (χ4v) is 2.01. The van der Waals surface area contributed by atoms with Gasteiger partial charge in [0.25, 0.3) is 5.91 Å². The molecule has 0 fully saturated rings. The fraction of sp³-hybridized carbons (Fsp3) is 0.611. The van der Waals surface area contributed by atoms with E-state index in [-0.39, 0.29) is 24.2 Å². The van der Waals surface area contributed by atoms with Gasteiger partial charge in [-0.1, -0.05) is 20.8 Å². The van der Waals surface area contributed by atoms with Crippen LogP contribution in [0.2, 0.25) is 0 Å². The van der Waals surface area contributed by atoms with E-state index >= 15 is 0 Å². The predicted octanol–water partition coefficient (Wildman–Crippen LogP) is 3.40. The van der Waals surface area contributed by atoms with Crippen LogP contribution >= 0.6 is 12.4 Å². The van der Waals surface area contributed by atoms with E-state index in [1.54, 1.807) is 18.2 Å². The van der Waals surface area contributed by atoms with Gasteiger partial charge in [0.05, 0.1) is 18.8 Å². The lowest BCUT2D eigenvalue weighted by Crippen LogP contribution is -2.55. The first-order valence-corrected chi connectivity index (χ1v) is 8.30. The van der Waals surface area contributed by atoms with Crippen molar-refractivity contribution in [2.45, 2.75) is 46.6 Å². The molecule has 0 saturated carbocycles. The monoisotopic (exact) mass is 358 g/mol. The summed E-state index contributed by atoms with van der Waals surface area (Å²) < 4.78 is 11.3. The molecule has 0 aromatic heterocycles. The van der Waals surface area contributed by atoms with Gasteiger partial charge in [-0.3, -0.25) is 4.79 Å². The molecule has 1 atom stereocenters. The van der Waals surface area contributed by atoms with Gasteiger partial charge in [-0.15, -0.1) is 12.4 Å². The number of halogens is 1. The third-order valence-corrected chi connectivity index (χ3v) is 4.06. The maximum absolute atomic E-state index is 12.5. The van der Waals surface area contributed by atoms with E-state index in [1.165, 1.54) is 0 Å². The van der Waals surface area contributed by atoms with E-state index in [0.29, 0.717) is 36.8 Å². The predicted molar refractivity (Wildman–Crippen MR) is 100 cm³/mol. The molecule has 0 aliphatic rings. The van der Waals surface area contributed by atoms with Crippen LogP contribution in [-0.4, -0.2) is 31.2 Å². The molecule has 1 aromatic rings. The number of benzene rings is 1. The molecule has 0 heterocycles. The lowest BCUT2D eigenvalue weighted by atomic mass is 9.88. The summed E-state index contributed by atoms with van der Waals surface area (Å²) in [6, 6.07) is 5.26. The SMILES string of the molecule is CCCOc1ccc(C(=O)NC(C)(CN)C(C)C)cc1OCC.Cl. The Balaban J connectivity index is 0.00000529. The van der Waals surface area contributed by atoms with Crippen molar-refractivity contribution in [2.75, 3.05) is 19.8 Å². The number of carbonyl (C=O) groups excluding carboxylic acids is 1. The van der Waals surface area contributed by atoms with Crippen molar-refractivity contribution in [1.82, 2.24) is 5.32 Å². The summed E-state index contributed by atoms with van der Waals surface area (Å²) in [5, 5.41) is 3.03. The molecule has 1 unspecified atom stereocenters. The molecule has 1 aromatic carbocycles. The van der Waals surface area contributed by atoms with Crippen molar-refractivity contribution < 1.29 is 14.3 Å². The molecule has 0 aliphatic heterocycles. The number of rotatable bonds is 9. The van der Waals surface area contributed by atoms with Crippen molar-refractivity contribution in [3.63, 3.8) is 0 Å². The quantitative estimate of drug-likeness (QED) is 0.709. The summed E-state index contributed by atoms with van der Waals surface area (Å²) in [6.07, 6.45) is 0.914. The van der Waals surface area contributed by atoms with Crippen molar-refractivity contribution in [3.05, 3.63) is 23.8 Å². The first kappa shape index (κ1) is 22.5. The summed E-state index contributed by atoms with van der Waals surface area (Å²) in [4.78, 5) is 12.5. The molecule has 1 amide bonds. The highest BCUT2D eigenvalue weighted by molar-refractivity contribution is 5.95. The summed E-state index contributed by atoms with van der Waals surface area (Å²) >= 11 is 0. The van der Waals surface area contributed by atoms with Gasteiger partial charge in [0.15, 0.2) is 11.5 Å². The second kappa shape index (κ2) is 10.4. The lowest BCUT2D eigenvalue weighted by molar-refractivity contribution is 0.0882. The average Bonchev–Trinajstić information content (AvgIpc) is 2.53. The van der Waals surface area contributed by atoms with Crippen LogP contribution in [0.5, 0.6) is 11.5 Å². The van der Waals surface area contributed by atoms with Crippen molar-refractivity contribution in [1.29, 1.82) is 0 Å². The number of carbonyl (C=O) groups is 1. The summed E-state index contributed by atoms with van der Waals surface area (Å²) in [7, 11) is 0. The van der Waals surface area contributed by atoms with Gasteiger partial charge in [-0.05, 0) is 44.4 Å². The second-order valence-corrected chi connectivity index (χ2v) is 6.17. The zero-order valence-corrected chi connectivity index (χ0v) is 16.2. The molecule has 138 valence electrons. The van der Waals surface area contributed by atoms with E-state index in [4.69, 9.17) is 15.2 Å². The van der Waals surface area contributed by atoms with Crippen LogP contribution in [0.15, 0.2) is 18.2 Å². The van der Waals surface area contributed by atoms with Crippen LogP contribution in [0, 0.1) is 5.92 Å². The molecule has 24 heavy (non-hydrogen) atoms. The summed E-state index contributed by atoms with van der Waals surface area (Å²) in [5.74, 6) is 1.33. The molecule has 3 N–H and O–H groups in total. The van der Waals surface area contributed by atoms with Crippen molar-refractivity contribution >= 4 is 18.3 Å². The normalized spacial score (nSPS) is 13.0. The molecule has 0 saturated heterocycles. The molecule has 6 heteroatoms. The average molecular weight is 359 g/mol. The van der Waals surface area contributed by atoms with Gasteiger partial charge in [-0.25, -0.2) is 0 Å². The minimum absolute atomic E-state index is 0. The van der Waals surface area contributed by atoms with Gasteiger partial charge >= 0.3 is 0 Å². The van der Waals surface area contributed by atoms with Crippen molar-refractivity contribution in [3.8, 4) is 11.5 Å². The Kier molecular flexibility index (Phi) is 9.78. The smallest absolute Gasteiger partial charge is 0.251 e. The molecule has 1 rings (SSSR count). The van der Waals surface area contributed by atoms with Crippen LogP contribution in [0.4, 0.5) is 0 Å². The van der Waals surface area contributed by atoms with Gasteiger partial charge in [-0.2, -0.15) is 0 Å². The van der Waals surface area contributed by atoms with E-state index in [0.717, 1.165) is 6.42 Å².